The highest BCUT2D eigenvalue weighted by Gasteiger charge is 2.44. The molecule has 2 heteroatoms. The summed E-state index contributed by atoms with van der Waals surface area (Å²) in [5.74, 6) is 0. The summed E-state index contributed by atoms with van der Waals surface area (Å²) in [6.07, 6.45) is 0. The molecule has 3 aromatic rings. The van der Waals surface area contributed by atoms with E-state index in [4.69, 9.17) is 0 Å². The zero-order chi connectivity index (χ0) is 17.2. The lowest BCUT2D eigenvalue weighted by Gasteiger charge is -2.26. The standard InChI is InChI=1S/C22H23BrP/c1-17-4-10-20(11-5-17)24(16-23,21-12-6-18(2)7-13-21)22-14-8-19(3)9-15-22/h4-15H,16H2,1-3H3/q+1. The molecule has 0 spiro atoms. The second-order valence-corrected chi connectivity index (χ2v) is 11.3. The maximum atomic E-state index is 3.89. The first-order valence-corrected chi connectivity index (χ1v) is 11.3. The Bertz CT molecular complexity index is 691. The molecule has 0 heterocycles. The fraction of sp³-hybridized carbons (Fsp3) is 0.182. The molecule has 122 valence electrons. The van der Waals surface area contributed by atoms with E-state index < -0.39 is 7.26 Å². The van der Waals surface area contributed by atoms with E-state index in [-0.39, 0.29) is 0 Å². The minimum atomic E-state index is -1.68. The summed E-state index contributed by atoms with van der Waals surface area (Å²) in [6.45, 7) is 6.45. The van der Waals surface area contributed by atoms with Gasteiger partial charge >= 0.3 is 0 Å². The largest absolute Gasteiger partial charge is 0.127 e. The molecule has 0 nitrogen and oxygen atoms in total. The summed E-state index contributed by atoms with van der Waals surface area (Å²) < 4.78 is 0. The molecule has 0 bridgehead atoms. The molecule has 0 aliphatic heterocycles. The molecule has 0 saturated heterocycles. The summed E-state index contributed by atoms with van der Waals surface area (Å²) in [7, 11) is -1.68. The Morgan fingerprint density at radius 3 is 1.00 bits per heavy atom. The Labute approximate surface area is 154 Å². The SMILES string of the molecule is Cc1ccc([P+](CBr)(c2ccc(C)cc2)c2ccc(C)cc2)cc1. The normalized spacial score (nSPS) is 11.5. The van der Waals surface area contributed by atoms with Crippen molar-refractivity contribution in [3.05, 3.63) is 89.5 Å². The van der Waals surface area contributed by atoms with E-state index in [0.29, 0.717) is 0 Å². The van der Waals surface area contributed by atoms with Crippen LogP contribution >= 0.6 is 23.2 Å². The van der Waals surface area contributed by atoms with Crippen LogP contribution in [0.25, 0.3) is 0 Å². The molecule has 0 unspecified atom stereocenters. The number of aryl methyl sites for hydroxylation is 3. The van der Waals surface area contributed by atoms with E-state index in [1.165, 1.54) is 32.6 Å². The monoisotopic (exact) mass is 397 g/mol. The van der Waals surface area contributed by atoms with Crippen molar-refractivity contribution >= 4 is 39.1 Å². The van der Waals surface area contributed by atoms with Crippen LogP contribution in [0.1, 0.15) is 16.7 Å². The summed E-state index contributed by atoms with van der Waals surface area (Å²) in [6, 6.07) is 27.2. The zero-order valence-electron chi connectivity index (χ0n) is 14.5. The van der Waals surface area contributed by atoms with Crippen LogP contribution in [0.2, 0.25) is 0 Å². The van der Waals surface area contributed by atoms with Crippen LogP contribution in [0.4, 0.5) is 0 Å². The van der Waals surface area contributed by atoms with Gasteiger partial charge in [-0.05, 0) is 73.1 Å². The van der Waals surface area contributed by atoms with E-state index in [9.17, 15) is 0 Å². The van der Waals surface area contributed by atoms with Crippen LogP contribution in [-0.2, 0) is 0 Å². The molecule has 24 heavy (non-hydrogen) atoms. The molecule has 0 radical (unpaired) electrons. The van der Waals surface area contributed by atoms with Gasteiger partial charge in [-0.3, -0.25) is 0 Å². The second-order valence-electron chi connectivity index (χ2n) is 6.44. The number of alkyl halides is 1. The summed E-state index contributed by atoms with van der Waals surface area (Å²) in [5, 5.41) is 5.24. The maximum Gasteiger partial charge on any atom is 0.127 e. The van der Waals surface area contributed by atoms with Crippen molar-refractivity contribution in [3.63, 3.8) is 0 Å². The van der Waals surface area contributed by atoms with Crippen LogP contribution in [0.5, 0.6) is 0 Å². The molecule has 0 atom stereocenters. The highest BCUT2D eigenvalue weighted by molar-refractivity contribution is 9.10. The highest BCUT2D eigenvalue weighted by atomic mass is 79.9. The molecule has 3 aromatic carbocycles. The minimum Gasteiger partial charge on any atom is -0.0554 e. The lowest BCUT2D eigenvalue weighted by Crippen LogP contribution is -2.32. The van der Waals surface area contributed by atoms with Gasteiger partial charge in [0, 0.05) is 0 Å². The van der Waals surface area contributed by atoms with Gasteiger partial charge in [0.05, 0.1) is 0 Å². The maximum absolute atomic E-state index is 3.89. The van der Waals surface area contributed by atoms with E-state index in [1.54, 1.807) is 0 Å². The van der Waals surface area contributed by atoms with E-state index >= 15 is 0 Å². The number of benzene rings is 3. The lowest BCUT2D eigenvalue weighted by molar-refractivity contribution is 1.48. The van der Waals surface area contributed by atoms with Crippen molar-refractivity contribution < 1.29 is 0 Å². The molecule has 0 N–H and O–H groups in total. The summed E-state index contributed by atoms with van der Waals surface area (Å²) in [5.41, 5.74) is 3.91. The highest BCUT2D eigenvalue weighted by Crippen LogP contribution is 2.56. The Morgan fingerprint density at radius 2 is 0.792 bits per heavy atom. The molecular weight excluding hydrogens is 375 g/mol. The molecular formula is C22H23BrP+. The number of hydrogen-bond acceptors (Lipinski definition) is 0. The van der Waals surface area contributed by atoms with Gasteiger partial charge in [-0.25, -0.2) is 0 Å². The third-order valence-electron chi connectivity index (χ3n) is 4.60. The van der Waals surface area contributed by atoms with Gasteiger partial charge in [0.1, 0.15) is 28.2 Å². The van der Waals surface area contributed by atoms with Crippen molar-refractivity contribution in [1.29, 1.82) is 0 Å². The van der Waals surface area contributed by atoms with Crippen LogP contribution in [0, 0.1) is 20.8 Å². The van der Waals surface area contributed by atoms with Crippen LogP contribution < -0.4 is 15.9 Å². The van der Waals surface area contributed by atoms with Crippen molar-refractivity contribution in [2.75, 3.05) is 5.07 Å². The lowest BCUT2D eigenvalue weighted by atomic mass is 10.2. The Hall–Kier alpha value is -1.43. The fourth-order valence-electron chi connectivity index (χ4n) is 3.05. The molecule has 0 aromatic heterocycles. The average molecular weight is 398 g/mol. The van der Waals surface area contributed by atoms with Crippen molar-refractivity contribution in [1.82, 2.24) is 0 Å². The first-order valence-electron chi connectivity index (χ1n) is 8.22. The molecule has 0 fully saturated rings. The van der Waals surface area contributed by atoms with Crippen molar-refractivity contribution in [3.8, 4) is 0 Å². The smallest absolute Gasteiger partial charge is 0.0554 e. The Kier molecular flexibility index (Phi) is 5.23. The molecule has 0 aliphatic rings. The van der Waals surface area contributed by atoms with Gasteiger partial charge in [0.25, 0.3) is 0 Å². The molecule has 0 amide bonds. The van der Waals surface area contributed by atoms with Gasteiger partial charge in [-0.15, -0.1) is 0 Å². The van der Waals surface area contributed by atoms with Gasteiger partial charge < -0.3 is 0 Å². The van der Waals surface area contributed by atoms with Gasteiger partial charge in [0.2, 0.25) is 0 Å². The van der Waals surface area contributed by atoms with E-state index in [0.717, 1.165) is 5.07 Å². The van der Waals surface area contributed by atoms with Crippen LogP contribution in [0.3, 0.4) is 0 Å². The van der Waals surface area contributed by atoms with Crippen molar-refractivity contribution in [2.24, 2.45) is 0 Å². The third-order valence-corrected chi connectivity index (χ3v) is 10.8. The fourth-order valence-corrected chi connectivity index (χ4v) is 8.94. The van der Waals surface area contributed by atoms with Crippen molar-refractivity contribution in [2.45, 2.75) is 20.8 Å². The average Bonchev–Trinajstić information content (AvgIpc) is 2.60. The number of halogens is 1. The predicted molar refractivity (Wildman–Crippen MR) is 113 cm³/mol. The minimum absolute atomic E-state index is 0.954. The van der Waals surface area contributed by atoms with Gasteiger partial charge in [-0.1, -0.05) is 53.1 Å². The molecule has 0 aliphatic carbocycles. The van der Waals surface area contributed by atoms with Gasteiger partial charge in [-0.2, -0.15) is 0 Å². The van der Waals surface area contributed by atoms with Gasteiger partial charge in [0.15, 0.2) is 0 Å². The first-order chi connectivity index (χ1) is 11.6. The predicted octanol–water partition coefficient (Wildman–Crippen LogP) is 5.26. The Morgan fingerprint density at radius 1 is 0.542 bits per heavy atom. The number of hydrogen-bond donors (Lipinski definition) is 0. The van der Waals surface area contributed by atoms with Crippen LogP contribution in [0.15, 0.2) is 72.8 Å². The summed E-state index contributed by atoms with van der Waals surface area (Å²) in [4.78, 5) is 0. The second kappa shape index (κ2) is 7.21. The first kappa shape index (κ1) is 17.4. The van der Waals surface area contributed by atoms with E-state index in [1.807, 2.05) is 0 Å². The topological polar surface area (TPSA) is 0 Å². The molecule has 3 rings (SSSR count). The Balaban J connectivity index is 2.27. The molecule has 0 saturated carbocycles. The number of rotatable bonds is 4. The zero-order valence-corrected chi connectivity index (χ0v) is 16.9. The van der Waals surface area contributed by atoms with E-state index in [2.05, 4.69) is 109 Å². The third kappa shape index (κ3) is 3.21. The van der Waals surface area contributed by atoms with Crippen LogP contribution in [-0.4, -0.2) is 5.07 Å². The quantitative estimate of drug-likeness (QED) is 0.416. The summed E-state index contributed by atoms with van der Waals surface area (Å²) >= 11 is 3.89.